The second-order valence-electron chi connectivity index (χ2n) is 7.20. The average Bonchev–Trinajstić information content (AvgIpc) is 3.37. The Morgan fingerprint density at radius 2 is 1.97 bits per heavy atom. The van der Waals surface area contributed by atoms with Gasteiger partial charge in [0.15, 0.2) is 0 Å². The number of carbonyl (C=O) groups excluding carboxylic acids is 3. The molecule has 1 aliphatic rings. The fourth-order valence-corrected chi connectivity index (χ4v) is 3.73. The minimum Gasteiger partial charge on any atom is -0.497 e. The number of nitrogens with zero attached hydrogens (tertiary/aromatic N) is 4. The Labute approximate surface area is 188 Å². The molecule has 3 aromatic rings. The number of ether oxygens (including phenoxy) is 1. The van der Waals surface area contributed by atoms with E-state index in [1.165, 1.54) is 24.4 Å². The molecule has 0 saturated carbocycles. The summed E-state index contributed by atoms with van der Waals surface area (Å²) in [6, 6.07) is 11.0. The zero-order valence-electron chi connectivity index (χ0n) is 17.2. The number of para-hydroxylation sites is 1. The molecule has 11 heteroatoms. The van der Waals surface area contributed by atoms with Crippen LogP contribution in [0.2, 0.25) is 5.02 Å². The largest absolute Gasteiger partial charge is 0.497 e. The van der Waals surface area contributed by atoms with Crippen LogP contribution in [0.4, 0.5) is 10.5 Å². The molecule has 1 fully saturated rings. The number of benzene rings is 2. The van der Waals surface area contributed by atoms with E-state index >= 15 is 0 Å². The Balaban J connectivity index is 1.53. The number of carbonyl (C=O) groups is 3. The number of amides is 4. The summed E-state index contributed by atoms with van der Waals surface area (Å²) in [5.74, 6) is -0.489. The van der Waals surface area contributed by atoms with Crippen LogP contribution in [0.15, 0.2) is 55.1 Å². The van der Waals surface area contributed by atoms with E-state index in [-0.39, 0.29) is 0 Å². The lowest BCUT2D eigenvalue weighted by Gasteiger charge is -2.22. The van der Waals surface area contributed by atoms with Gasteiger partial charge in [-0.05, 0) is 36.8 Å². The number of aromatic nitrogens is 3. The Bertz CT molecular complexity index is 1180. The monoisotopic (exact) mass is 454 g/mol. The van der Waals surface area contributed by atoms with Crippen LogP contribution in [-0.4, -0.2) is 51.2 Å². The van der Waals surface area contributed by atoms with Gasteiger partial charge in [-0.25, -0.2) is 14.5 Å². The Morgan fingerprint density at radius 3 is 2.62 bits per heavy atom. The quantitative estimate of drug-likeness (QED) is 0.552. The van der Waals surface area contributed by atoms with Crippen molar-refractivity contribution in [1.29, 1.82) is 0 Å². The summed E-state index contributed by atoms with van der Waals surface area (Å²) in [4.78, 5) is 43.1. The molecule has 2 heterocycles. The molecule has 0 bridgehead atoms. The Morgan fingerprint density at radius 1 is 1.22 bits per heavy atom. The average molecular weight is 455 g/mol. The van der Waals surface area contributed by atoms with Crippen molar-refractivity contribution in [3.8, 4) is 11.4 Å². The van der Waals surface area contributed by atoms with E-state index in [1.807, 2.05) is 0 Å². The van der Waals surface area contributed by atoms with Gasteiger partial charge in [0.05, 0.1) is 17.8 Å². The molecule has 1 saturated heterocycles. The Kier molecular flexibility index (Phi) is 5.54. The van der Waals surface area contributed by atoms with Crippen molar-refractivity contribution in [3.63, 3.8) is 0 Å². The van der Waals surface area contributed by atoms with E-state index < -0.39 is 29.9 Å². The number of urea groups is 1. The molecule has 1 aliphatic heterocycles. The number of rotatable bonds is 6. The van der Waals surface area contributed by atoms with E-state index in [2.05, 4.69) is 20.7 Å². The lowest BCUT2D eigenvalue weighted by atomic mass is 9.92. The van der Waals surface area contributed by atoms with Gasteiger partial charge in [0.25, 0.3) is 5.91 Å². The fourth-order valence-electron chi connectivity index (χ4n) is 3.47. The maximum Gasteiger partial charge on any atom is 0.325 e. The molecule has 164 valence electrons. The first kappa shape index (κ1) is 21.3. The van der Waals surface area contributed by atoms with Crippen LogP contribution >= 0.6 is 11.6 Å². The number of methoxy groups -OCH3 is 1. The molecule has 10 nitrogen and oxygen atoms in total. The maximum atomic E-state index is 13.1. The summed E-state index contributed by atoms with van der Waals surface area (Å²) in [6.07, 6.45) is 2.77. The third-order valence-electron chi connectivity index (χ3n) is 5.15. The summed E-state index contributed by atoms with van der Waals surface area (Å²) >= 11 is 6.27. The third kappa shape index (κ3) is 3.76. The van der Waals surface area contributed by atoms with Crippen LogP contribution in [0.3, 0.4) is 0 Å². The van der Waals surface area contributed by atoms with E-state index in [0.29, 0.717) is 27.7 Å². The number of hydrogen-bond donors (Lipinski definition) is 2. The lowest BCUT2D eigenvalue weighted by molar-refractivity contribution is -0.133. The van der Waals surface area contributed by atoms with Gasteiger partial charge in [0, 0.05) is 0 Å². The van der Waals surface area contributed by atoms with Crippen molar-refractivity contribution >= 4 is 35.1 Å². The van der Waals surface area contributed by atoms with Crippen molar-refractivity contribution in [2.24, 2.45) is 0 Å². The normalized spacial score (nSPS) is 17.9. The number of anilines is 1. The number of imide groups is 1. The molecular weight excluding hydrogens is 436 g/mol. The molecule has 2 aromatic carbocycles. The molecular formula is C21H19ClN6O4. The lowest BCUT2D eigenvalue weighted by Crippen LogP contribution is -2.42. The first-order chi connectivity index (χ1) is 15.3. The molecule has 4 amide bonds. The van der Waals surface area contributed by atoms with Crippen molar-refractivity contribution < 1.29 is 19.1 Å². The van der Waals surface area contributed by atoms with Crippen LogP contribution in [0, 0.1) is 0 Å². The van der Waals surface area contributed by atoms with Gasteiger partial charge in [-0.3, -0.25) is 14.5 Å². The van der Waals surface area contributed by atoms with Crippen LogP contribution in [0.1, 0.15) is 12.5 Å². The molecule has 2 N–H and O–H groups in total. The zero-order valence-corrected chi connectivity index (χ0v) is 18.0. The maximum absolute atomic E-state index is 13.1. The molecule has 1 atom stereocenters. The molecule has 1 aromatic heterocycles. The van der Waals surface area contributed by atoms with Crippen molar-refractivity contribution in [2.45, 2.75) is 12.5 Å². The van der Waals surface area contributed by atoms with E-state index in [0.717, 1.165) is 4.90 Å². The van der Waals surface area contributed by atoms with Crippen LogP contribution in [0.5, 0.6) is 5.75 Å². The van der Waals surface area contributed by atoms with Crippen molar-refractivity contribution in [3.05, 3.63) is 65.7 Å². The van der Waals surface area contributed by atoms with Gasteiger partial charge >= 0.3 is 6.03 Å². The van der Waals surface area contributed by atoms with Crippen molar-refractivity contribution in [2.75, 3.05) is 19.0 Å². The number of halogens is 1. The van der Waals surface area contributed by atoms with Gasteiger partial charge in [0.2, 0.25) is 5.91 Å². The SMILES string of the molecule is COc1ccc(C2(C)NC(=O)N(CC(=O)Nc3cccc(Cl)c3-n3cncn3)C2=O)cc1. The van der Waals surface area contributed by atoms with Gasteiger partial charge < -0.3 is 15.4 Å². The highest BCUT2D eigenvalue weighted by molar-refractivity contribution is 6.33. The molecule has 4 rings (SSSR count). The highest BCUT2D eigenvalue weighted by Gasteiger charge is 2.49. The van der Waals surface area contributed by atoms with E-state index in [4.69, 9.17) is 16.3 Å². The van der Waals surface area contributed by atoms with Crippen LogP contribution in [-0.2, 0) is 15.1 Å². The first-order valence-electron chi connectivity index (χ1n) is 9.55. The van der Waals surface area contributed by atoms with Gasteiger partial charge in [-0.2, -0.15) is 5.10 Å². The summed E-state index contributed by atoms with van der Waals surface area (Å²) in [6.45, 7) is 1.12. The summed E-state index contributed by atoms with van der Waals surface area (Å²) < 4.78 is 6.54. The van der Waals surface area contributed by atoms with Crippen LogP contribution < -0.4 is 15.4 Å². The highest BCUT2D eigenvalue weighted by Crippen LogP contribution is 2.31. The van der Waals surface area contributed by atoms with E-state index in [1.54, 1.807) is 49.4 Å². The second kappa shape index (κ2) is 8.31. The summed E-state index contributed by atoms with van der Waals surface area (Å²) in [5.41, 5.74) is 0.0482. The minimum absolute atomic E-state index is 0.343. The van der Waals surface area contributed by atoms with Crippen molar-refractivity contribution in [1.82, 2.24) is 25.0 Å². The molecule has 0 radical (unpaired) electrons. The first-order valence-corrected chi connectivity index (χ1v) is 9.93. The minimum atomic E-state index is -1.30. The van der Waals surface area contributed by atoms with Gasteiger partial charge in [0.1, 0.15) is 36.2 Å². The third-order valence-corrected chi connectivity index (χ3v) is 5.46. The predicted molar refractivity (Wildman–Crippen MR) is 116 cm³/mol. The molecule has 1 unspecified atom stereocenters. The fraction of sp³-hybridized carbons (Fsp3) is 0.190. The van der Waals surface area contributed by atoms with E-state index in [9.17, 15) is 14.4 Å². The van der Waals surface area contributed by atoms with Gasteiger partial charge in [-0.1, -0.05) is 29.8 Å². The topological polar surface area (TPSA) is 118 Å². The second-order valence-corrected chi connectivity index (χ2v) is 7.61. The number of nitrogens with one attached hydrogen (secondary N) is 2. The van der Waals surface area contributed by atoms with Crippen LogP contribution in [0.25, 0.3) is 5.69 Å². The molecule has 0 spiro atoms. The predicted octanol–water partition coefficient (Wildman–Crippen LogP) is 2.33. The smallest absolute Gasteiger partial charge is 0.325 e. The highest BCUT2D eigenvalue weighted by atomic mass is 35.5. The zero-order chi connectivity index (χ0) is 22.9. The molecule has 32 heavy (non-hydrogen) atoms. The van der Waals surface area contributed by atoms with Gasteiger partial charge in [-0.15, -0.1) is 0 Å². The summed E-state index contributed by atoms with van der Waals surface area (Å²) in [7, 11) is 1.54. The standard InChI is InChI=1S/C21H19ClN6O4/c1-21(13-6-8-14(32-2)9-7-13)19(30)27(20(31)26-21)10-17(29)25-16-5-3-4-15(22)18(16)28-12-23-11-24-28/h3-9,11-12H,10H2,1-2H3,(H,25,29)(H,26,31). The molecule has 0 aliphatic carbocycles. The summed E-state index contributed by atoms with van der Waals surface area (Å²) in [5, 5.41) is 9.74. The number of hydrogen-bond acceptors (Lipinski definition) is 6. The Hall–Kier alpha value is -3.92.